The molecule has 2 aromatic rings. The molecule has 40 heavy (non-hydrogen) atoms. The Hall–Kier alpha value is -3.15. The highest BCUT2D eigenvalue weighted by Crippen LogP contribution is 2.65. The molecule has 6 rings (SSSR count). The molecule has 0 heterocycles. The van der Waals surface area contributed by atoms with Gasteiger partial charge in [-0.05, 0) is 105 Å². The number of nitrogens with zero attached hydrogens (tertiary/aromatic N) is 1. The van der Waals surface area contributed by atoms with E-state index in [0.717, 1.165) is 49.8 Å². The first kappa shape index (κ1) is 27.0. The van der Waals surface area contributed by atoms with Gasteiger partial charge in [-0.3, -0.25) is 9.59 Å². The molecule has 2 aromatic carbocycles. The van der Waals surface area contributed by atoms with Crippen molar-refractivity contribution in [3.63, 3.8) is 0 Å². The van der Waals surface area contributed by atoms with Crippen LogP contribution in [0.3, 0.4) is 0 Å². The van der Waals surface area contributed by atoms with Crippen LogP contribution in [0.15, 0.2) is 59.7 Å². The number of carbonyl (C=O) groups is 2. The molecule has 0 saturated heterocycles. The maximum absolute atomic E-state index is 12.7. The van der Waals surface area contributed by atoms with Gasteiger partial charge in [0, 0.05) is 11.1 Å². The quantitative estimate of drug-likeness (QED) is 0.326. The second-order valence-corrected chi connectivity index (χ2v) is 13.2. The highest BCUT2D eigenvalue weighted by atomic mass is 16.5. The number of aromatic hydroxyl groups is 1. The van der Waals surface area contributed by atoms with Gasteiger partial charge in [0.25, 0.3) is 5.91 Å². The van der Waals surface area contributed by atoms with Crippen LogP contribution in [-0.2, 0) is 16.0 Å². The number of ether oxygens (including phenoxy) is 1. The maximum Gasteiger partial charge on any atom is 0.310 e. The summed E-state index contributed by atoms with van der Waals surface area (Å²) < 4.78 is 6.01. The number of carbonyl (C=O) groups excluding carboxylic acids is 2. The van der Waals surface area contributed by atoms with E-state index in [1.807, 2.05) is 30.3 Å². The van der Waals surface area contributed by atoms with Crippen LogP contribution in [0.25, 0.3) is 0 Å². The van der Waals surface area contributed by atoms with Crippen molar-refractivity contribution in [1.29, 1.82) is 0 Å². The molecule has 4 aliphatic rings. The number of hydrogen-bond acceptors (Lipinski definition) is 5. The second-order valence-electron chi connectivity index (χ2n) is 13.2. The predicted octanol–water partition coefficient (Wildman–Crippen LogP) is 6.68. The topological polar surface area (TPSA) is 88.0 Å². The van der Waals surface area contributed by atoms with E-state index in [1.54, 1.807) is 18.2 Å². The highest BCUT2D eigenvalue weighted by Gasteiger charge is 2.59. The number of para-hydroxylation sites is 1. The molecule has 6 nitrogen and oxygen atoms in total. The molecule has 0 radical (unpaired) electrons. The largest absolute Gasteiger partial charge is 0.507 e. The van der Waals surface area contributed by atoms with E-state index in [0.29, 0.717) is 35.5 Å². The van der Waals surface area contributed by atoms with Crippen LogP contribution in [0, 0.1) is 34.5 Å². The molecule has 0 aliphatic heterocycles. The number of nitrogens with one attached hydrogen (secondary N) is 1. The van der Waals surface area contributed by atoms with Crippen molar-refractivity contribution < 1.29 is 19.4 Å². The summed E-state index contributed by atoms with van der Waals surface area (Å²) in [7, 11) is 0. The lowest BCUT2D eigenvalue weighted by Crippen LogP contribution is -2.54. The van der Waals surface area contributed by atoms with Crippen molar-refractivity contribution in [3.05, 3.63) is 65.7 Å². The van der Waals surface area contributed by atoms with Crippen molar-refractivity contribution in [2.24, 2.45) is 39.6 Å². The minimum atomic E-state index is -0.361. The Morgan fingerprint density at radius 3 is 2.52 bits per heavy atom. The van der Waals surface area contributed by atoms with Crippen molar-refractivity contribution in [2.45, 2.75) is 84.2 Å². The predicted molar refractivity (Wildman–Crippen MR) is 155 cm³/mol. The minimum Gasteiger partial charge on any atom is -0.507 e. The number of hydrazone groups is 1. The van der Waals surface area contributed by atoms with Gasteiger partial charge in [-0.1, -0.05) is 56.3 Å². The smallest absolute Gasteiger partial charge is 0.310 e. The number of phenolic OH excluding ortho intramolecular Hbond substituents is 1. The molecule has 212 valence electrons. The Morgan fingerprint density at radius 1 is 0.950 bits per heavy atom. The first-order valence-electron chi connectivity index (χ1n) is 15.2. The summed E-state index contributed by atoms with van der Waals surface area (Å²) in [5, 5.41) is 14.7. The summed E-state index contributed by atoms with van der Waals surface area (Å²) in [5.74, 6) is 2.08. The fourth-order valence-electron chi connectivity index (χ4n) is 9.13. The highest BCUT2D eigenvalue weighted by molar-refractivity contribution is 5.99. The van der Waals surface area contributed by atoms with Gasteiger partial charge in [-0.15, -0.1) is 0 Å². The molecular weight excluding hydrogens is 500 g/mol. The molecule has 0 aromatic heterocycles. The average molecular weight is 543 g/mol. The third-order valence-corrected chi connectivity index (χ3v) is 11.3. The summed E-state index contributed by atoms with van der Waals surface area (Å²) in [6.45, 7) is 4.89. The van der Waals surface area contributed by atoms with E-state index in [1.165, 1.54) is 25.3 Å². The molecule has 7 atom stereocenters. The number of hydrogen-bond donors (Lipinski definition) is 2. The number of fused-ring (bicyclic) bond motifs is 5. The molecule has 4 saturated carbocycles. The summed E-state index contributed by atoms with van der Waals surface area (Å²) in [6, 6.07) is 16.5. The fourth-order valence-corrected chi connectivity index (χ4v) is 9.13. The lowest BCUT2D eigenvalue weighted by molar-refractivity contribution is -0.159. The van der Waals surface area contributed by atoms with Gasteiger partial charge >= 0.3 is 5.97 Å². The Morgan fingerprint density at radius 2 is 1.73 bits per heavy atom. The number of phenols is 1. The van der Waals surface area contributed by atoms with Crippen molar-refractivity contribution in [3.8, 4) is 5.75 Å². The zero-order valence-corrected chi connectivity index (χ0v) is 23.8. The molecule has 6 heteroatoms. The normalized spacial score (nSPS) is 35.8. The Bertz CT molecular complexity index is 1290. The van der Waals surface area contributed by atoms with Gasteiger partial charge in [0.1, 0.15) is 11.9 Å². The fraction of sp³-hybridized carbons (Fsp3) is 0.559. The van der Waals surface area contributed by atoms with Crippen LogP contribution in [0.2, 0.25) is 0 Å². The van der Waals surface area contributed by atoms with Crippen LogP contribution in [0.1, 0.15) is 87.6 Å². The third kappa shape index (κ3) is 4.84. The zero-order chi connectivity index (χ0) is 27.9. The summed E-state index contributed by atoms with van der Waals surface area (Å²) >= 11 is 0. The maximum atomic E-state index is 12.7. The summed E-state index contributed by atoms with van der Waals surface area (Å²) in [5.41, 5.74) is 5.43. The van der Waals surface area contributed by atoms with Crippen LogP contribution in [-0.4, -0.2) is 28.8 Å². The van der Waals surface area contributed by atoms with Crippen molar-refractivity contribution >= 4 is 17.6 Å². The lowest BCUT2D eigenvalue weighted by atomic mass is 9.45. The standard InChI is InChI=1S/C34H42N2O4/c1-33-18-16-24(40-31(38)20-22-8-4-3-5-9-22)21-23(33)12-13-25-27-14-15-30(34(27,2)19-17-28(25)33)35-36-32(39)26-10-6-7-11-29(26)37/h3-11,23-25,27-28,37H,12-21H2,1-2H3,(H,36,39)/t23-,24-,25-,27-,28-,33-,34-/m0/s1. The Balaban J connectivity index is 1.10. The zero-order valence-electron chi connectivity index (χ0n) is 23.8. The molecule has 1 amide bonds. The average Bonchev–Trinajstić information content (AvgIpc) is 3.29. The van der Waals surface area contributed by atoms with E-state index in [4.69, 9.17) is 4.74 Å². The molecule has 2 N–H and O–H groups in total. The van der Waals surface area contributed by atoms with Gasteiger partial charge < -0.3 is 9.84 Å². The molecular formula is C34H42N2O4. The van der Waals surface area contributed by atoms with E-state index in [9.17, 15) is 14.7 Å². The van der Waals surface area contributed by atoms with Gasteiger partial charge in [0.15, 0.2) is 0 Å². The van der Waals surface area contributed by atoms with Crippen molar-refractivity contribution in [1.82, 2.24) is 5.43 Å². The van der Waals surface area contributed by atoms with Gasteiger partial charge in [0.05, 0.1) is 12.0 Å². The molecule has 0 spiro atoms. The summed E-state index contributed by atoms with van der Waals surface area (Å²) in [6.07, 6.45) is 10.2. The first-order chi connectivity index (χ1) is 19.3. The van der Waals surface area contributed by atoms with E-state index < -0.39 is 0 Å². The number of rotatable bonds is 5. The Labute approximate surface area is 237 Å². The van der Waals surface area contributed by atoms with Gasteiger partial charge in [-0.25, -0.2) is 5.43 Å². The third-order valence-electron chi connectivity index (χ3n) is 11.3. The molecule has 0 bridgehead atoms. The minimum absolute atomic E-state index is 0.0144. The number of benzene rings is 2. The van der Waals surface area contributed by atoms with Crippen molar-refractivity contribution in [2.75, 3.05) is 0 Å². The van der Waals surface area contributed by atoms with Crippen LogP contribution in [0.4, 0.5) is 0 Å². The number of esters is 1. The lowest BCUT2D eigenvalue weighted by Gasteiger charge is -2.60. The Kier molecular flexibility index (Phi) is 7.22. The van der Waals surface area contributed by atoms with E-state index in [-0.39, 0.29) is 34.7 Å². The SMILES string of the molecule is C[C@]12CC[C@H](OC(=O)Cc3ccccc3)C[C@@H]1CC[C@@H]1[C@@H]2CC[C@]2(C)C(=NNC(=O)c3ccccc3O)CC[C@@H]12. The second kappa shape index (κ2) is 10.7. The molecule has 4 aliphatic carbocycles. The number of amides is 1. The van der Waals surface area contributed by atoms with Gasteiger partial charge in [0.2, 0.25) is 0 Å². The van der Waals surface area contributed by atoms with Crippen LogP contribution < -0.4 is 5.43 Å². The molecule has 0 unspecified atom stereocenters. The van der Waals surface area contributed by atoms with Gasteiger partial charge in [-0.2, -0.15) is 5.10 Å². The van der Waals surface area contributed by atoms with E-state index >= 15 is 0 Å². The summed E-state index contributed by atoms with van der Waals surface area (Å²) in [4.78, 5) is 25.3. The van der Waals surface area contributed by atoms with Crippen LogP contribution >= 0.6 is 0 Å². The van der Waals surface area contributed by atoms with E-state index in [2.05, 4.69) is 24.4 Å². The first-order valence-corrected chi connectivity index (χ1v) is 15.2. The molecule has 4 fully saturated rings. The van der Waals surface area contributed by atoms with Crippen LogP contribution in [0.5, 0.6) is 5.75 Å². The monoisotopic (exact) mass is 542 g/mol.